The van der Waals surface area contributed by atoms with Gasteiger partial charge >= 0.3 is 0 Å². The number of benzene rings is 1. The van der Waals surface area contributed by atoms with Crippen LogP contribution in [0, 0.1) is 11.3 Å². The van der Waals surface area contributed by atoms with E-state index in [1.54, 1.807) is 12.1 Å². The number of hydrogen-bond acceptors (Lipinski definition) is 5. The molecular formula is C18H22N2O4. The van der Waals surface area contributed by atoms with Crippen molar-refractivity contribution >= 4 is 12.0 Å². The second-order valence-corrected chi connectivity index (χ2v) is 5.57. The predicted molar refractivity (Wildman–Crippen MR) is 90.1 cm³/mol. The third kappa shape index (κ3) is 3.99. The summed E-state index contributed by atoms with van der Waals surface area (Å²) in [5.41, 5.74) is 0.612. The zero-order chi connectivity index (χ0) is 17.5. The molecule has 1 amide bonds. The Morgan fingerprint density at radius 1 is 1.12 bits per heavy atom. The van der Waals surface area contributed by atoms with Crippen molar-refractivity contribution in [1.29, 1.82) is 5.26 Å². The Morgan fingerprint density at radius 3 is 2.25 bits per heavy atom. The fourth-order valence-electron chi connectivity index (χ4n) is 2.80. The van der Waals surface area contributed by atoms with Crippen molar-refractivity contribution in [3.8, 4) is 23.3 Å². The van der Waals surface area contributed by atoms with E-state index in [1.807, 2.05) is 6.07 Å². The molecule has 0 heterocycles. The lowest BCUT2D eigenvalue weighted by atomic mass is 10.1. The molecule has 6 heteroatoms. The van der Waals surface area contributed by atoms with Gasteiger partial charge in [0.1, 0.15) is 17.4 Å². The molecule has 1 saturated carbocycles. The molecule has 0 bridgehead atoms. The molecule has 1 aliphatic rings. The molecule has 0 unspecified atom stereocenters. The molecule has 0 spiro atoms. The van der Waals surface area contributed by atoms with Crippen LogP contribution in [0.4, 0.5) is 0 Å². The van der Waals surface area contributed by atoms with Crippen LogP contribution in [0.25, 0.3) is 6.08 Å². The van der Waals surface area contributed by atoms with Crippen molar-refractivity contribution in [2.45, 2.75) is 31.7 Å². The number of nitriles is 1. The lowest BCUT2D eigenvalue weighted by Gasteiger charge is -2.13. The standard InChI is InChI=1S/C18H22N2O4/c1-22-15-10-17(24-3)16(23-2)9-12(15)8-13(11-19)18(21)20-14-6-4-5-7-14/h8-10,14H,4-7H2,1-3H3,(H,20,21)/b13-8+. The Bertz CT molecular complexity index is 670. The van der Waals surface area contributed by atoms with E-state index in [0.717, 1.165) is 25.7 Å². The molecule has 0 atom stereocenters. The second-order valence-electron chi connectivity index (χ2n) is 5.57. The summed E-state index contributed by atoms with van der Waals surface area (Å²) in [6.45, 7) is 0. The summed E-state index contributed by atoms with van der Waals surface area (Å²) in [4.78, 5) is 12.3. The van der Waals surface area contributed by atoms with Crippen LogP contribution >= 0.6 is 0 Å². The van der Waals surface area contributed by atoms with Crippen LogP contribution in [0.1, 0.15) is 31.2 Å². The largest absolute Gasteiger partial charge is 0.496 e. The first-order valence-corrected chi connectivity index (χ1v) is 7.85. The van der Waals surface area contributed by atoms with Gasteiger partial charge in [-0.15, -0.1) is 0 Å². The third-order valence-electron chi connectivity index (χ3n) is 4.09. The van der Waals surface area contributed by atoms with Crippen LogP contribution in [-0.2, 0) is 4.79 Å². The summed E-state index contributed by atoms with van der Waals surface area (Å²) in [6, 6.07) is 5.46. The second kappa shape index (κ2) is 8.25. The number of carbonyl (C=O) groups excluding carboxylic acids is 1. The van der Waals surface area contributed by atoms with Crippen molar-refractivity contribution in [3.05, 3.63) is 23.3 Å². The molecule has 1 fully saturated rings. The van der Waals surface area contributed by atoms with Crippen molar-refractivity contribution in [1.82, 2.24) is 5.32 Å². The monoisotopic (exact) mass is 330 g/mol. The molecule has 1 aromatic rings. The number of nitrogens with zero attached hydrogens (tertiary/aromatic N) is 1. The SMILES string of the molecule is COc1cc(OC)c(OC)cc1/C=C(\C#N)C(=O)NC1CCCC1. The average Bonchev–Trinajstić information content (AvgIpc) is 3.11. The van der Waals surface area contributed by atoms with E-state index in [2.05, 4.69) is 5.32 Å². The van der Waals surface area contributed by atoms with Gasteiger partial charge in [-0.1, -0.05) is 12.8 Å². The van der Waals surface area contributed by atoms with Gasteiger partial charge in [0.05, 0.1) is 21.3 Å². The van der Waals surface area contributed by atoms with Crippen molar-refractivity contribution in [2.75, 3.05) is 21.3 Å². The summed E-state index contributed by atoms with van der Waals surface area (Å²) < 4.78 is 15.8. The summed E-state index contributed by atoms with van der Waals surface area (Å²) in [5.74, 6) is 1.15. The number of hydrogen-bond donors (Lipinski definition) is 1. The Hall–Kier alpha value is -2.68. The maximum atomic E-state index is 12.3. The molecule has 1 aromatic carbocycles. The van der Waals surface area contributed by atoms with E-state index >= 15 is 0 Å². The van der Waals surface area contributed by atoms with Crippen LogP contribution < -0.4 is 19.5 Å². The fraction of sp³-hybridized carbons (Fsp3) is 0.444. The van der Waals surface area contributed by atoms with Gasteiger partial charge in [0.25, 0.3) is 5.91 Å². The van der Waals surface area contributed by atoms with Gasteiger partial charge in [0, 0.05) is 17.7 Å². The Labute approximate surface area is 142 Å². The van der Waals surface area contributed by atoms with Crippen LogP contribution in [0.15, 0.2) is 17.7 Å². The topological polar surface area (TPSA) is 80.6 Å². The molecule has 24 heavy (non-hydrogen) atoms. The highest BCUT2D eigenvalue weighted by Crippen LogP contribution is 2.35. The first kappa shape index (κ1) is 17.7. The maximum Gasteiger partial charge on any atom is 0.262 e. The zero-order valence-electron chi connectivity index (χ0n) is 14.2. The number of rotatable bonds is 6. The smallest absolute Gasteiger partial charge is 0.262 e. The van der Waals surface area contributed by atoms with Crippen LogP contribution in [0.3, 0.4) is 0 Å². The van der Waals surface area contributed by atoms with Crippen LogP contribution in [0.5, 0.6) is 17.2 Å². The summed E-state index contributed by atoms with van der Waals surface area (Å²) >= 11 is 0. The number of carbonyl (C=O) groups is 1. The highest BCUT2D eigenvalue weighted by atomic mass is 16.5. The van der Waals surface area contributed by atoms with E-state index in [9.17, 15) is 10.1 Å². The van der Waals surface area contributed by atoms with Gasteiger partial charge in [0.2, 0.25) is 0 Å². The molecule has 0 saturated heterocycles. The van der Waals surface area contributed by atoms with Gasteiger partial charge in [-0.2, -0.15) is 5.26 Å². The Morgan fingerprint density at radius 2 is 1.71 bits per heavy atom. The molecule has 0 aromatic heterocycles. The number of methoxy groups -OCH3 is 3. The molecule has 1 aliphatic carbocycles. The van der Waals surface area contributed by atoms with E-state index < -0.39 is 0 Å². The predicted octanol–water partition coefficient (Wildman–Crippen LogP) is 2.68. The molecule has 0 radical (unpaired) electrons. The van der Waals surface area contributed by atoms with Crippen molar-refractivity contribution in [2.24, 2.45) is 0 Å². The molecular weight excluding hydrogens is 308 g/mol. The number of amides is 1. The molecule has 0 aliphatic heterocycles. The first-order valence-electron chi connectivity index (χ1n) is 7.85. The van der Waals surface area contributed by atoms with Crippen molar-refractivity contribution < 1.29 is 19.0 Å². The first-order chi connectivity index (χ1) is 11.6. The van der Waals surface area contributed by atoms with Gasteiger partial charge in [-0.05, 0) is 25.0 Å². The quantitative estimate of drug-likeness (QED) is 0.641. The van der Waals surface area contributed by atoms with Gasteiger partial charge in [0.15, 0.2) is 11.5 Å². The van der Waals surface area contributed by atoms with Gasteiger partial charge in [-0.25, -0.2) is 0 Å². The molecule has 2 rings (SSSR count). The normalized spacial score (nSPS) is 14.8. The minimum Gasteiger partial charge on any atom is -0.496 e. The van der Waals surface area contributed by atoms with Gasteiger partial charge < -0.3 is 19.5 Å². The zero-order valence-corrected chi connectivity index (χ0v) is 14.2. The Kier molecular flexibility index (Phi) is 6.07. The van der Waals surface area contributed by atoms with E-state index in [0.29, 0.717) is 22.8 Å². The highest BCUT2D eigenvalue weighted by molar-refractivity contribution is 6.02. The van der Waals surface area contributed by atoms with Crippen LogP contribution in [0.2, 0.25) is 0 Å². The van der Waals surface area contributed by atoms with Crippen LogP contribution in [-0.4, -0.2) is 33.3 Å². The maximum absolute atomic E-state index is 12.3. The average molecular weight is 330 g/mol. The molecule has 1 N–H and O–H groups in total. The van der Waals surface area contributed by atoms with Crippen molar-refractivity contribution in [3.63, 3.8) is 0 Å². The summed E-state index contributed by atoms with van der Waals surface area (Å²) in [6.07, 6.45) is 5.65. The molecule has 128 valence electrons. The Balaban J connectivity index is 2.32. The number of nitrogens with one attached hydrogen (secondary N) is 1. The lowest BCUT2D eigenvalue weighted by molar-refractivity contribution is -0.117. The minimum absolute atomic E-state index is 0.0346. The van der Waals surface area contributed by atoms with E-state index in [4.69, 9.17) is 14.2 Å². The lowest BCUT2D eigenvalue weighted by Crippen LogP contribution is -2.33. The fourth-order valence-corrected chi connectivity index (χ4v) is 2.80. The van der Waals surface area contributed by atoms with E-state index in [1.165, 1.54) is 27.4 Å². The minimum atomic E-state index is -0.360. The summed E-state index contributed by atoms with van der Waals surface area (Å²) in [5, 5.41) is 12.3. The van der Waals surface area contributed by atoms with Gasteiger partial charge in [-0.3, -0.25) is 4.79 Å². The third-order valence-corrected chi connectivity index (χ3v) is 4.09. The molecule has 6 nitrogen and oxygen atoms in total. The number of ether oxygens (including phenoxy) is 3. The highest BCUT2D eigenvalue weighted by Gasteiger charge is 2.20. The van der Waals surface area contributed by atoms with E-state index in [-0.39, 0.29) is 17.5 Å². The summed E-state index contributed by atoms with van der Waals surface area (Å²) in [7, 11) is 4.57.